The van der Waals surface area contributed by atoms with E-state index in [1.165, 1.54) is 4.70 Å². The Labute approximate surface area is 150 Å². The molecule has 124 valence electrons. The van der Waals surface area contributed by atoms with Gasteiger partial charge in [0, 0.05) is 25.0 Å². The van der Waals surface area contributed by atoms with E-state index in [2.05, 4.69) is 11.1 Å². The van der Waals surface area contributed by atoms with Crippen LogP contribution in [-0.4, -0.2) is 22.8 Å². The molecule has 24 heavy (non-hydrogen) atoms. The van der Waals surface area contributed by atoms with E-state index in [1.54, 1.807) is 16.2 Å². The van der Waals surface area contributed by atoms with E-state index >= 15 is 0 Å². The number of rotatable bonds is 6. The molecule has 3 aromatic rings. The Morgan fingerprint density at radius 1 is 1.21 bits per heavy atom. The lowest BCUT2D eigenvalue weighted by molar-refractivity contribution is -0.130. The fraction of sp³-hybridized carbons (Fsp3) is 0.263. The number of para-hydroxylation sites is 1. The molecular weight excluding hydrogens is 340 g/mol. The van der Waals surface area contributed by atoms with Crippen LogP contribution in [0.2, 0.25) is 5.02 Å². The number of hydrogen-bond acceptors (Lipinski definition) is 3. The first-order chi connectivity index (χ1) is 11.6. The molecule has 0 bridgehead atoms. The smallest absolute Gasteiger partial charge is 0.222 e. The summed E-state index contributed by atoms with van der Waals surface area (Å²) in [6, 6.07) is 15.8. The summed E-state index contributed by atoms with van der Waals surface area (Å²) < 4.78 is 1.21. The highest BCUT2D eigenvalue weighted by atomic mass is 35.5. The number of carbonyl (C=O) groups excluding carboxylic acids is 1. The molecule has 0 saturated carbocycles. The number of fused-ring (bicyclic) bond motifs is 1. The van der Waals surface area contributed by atoms with Crippen molar-refractivity contribution < 1.29 is 4.79 Å². The largest absolute Gasteiger partial charge is 0.341 e. The second kappa shape index (κ2) is 7.77. The maximum absolute atomic E-state index is 12.3. The zero-order chi connectivity index (χ0) is 16.9. The molecule has 3 nitrogen and oxygen atoms in total. The summed E-state index contributed by atoms with van der Waals surface area (Å²) in [5.41, 5.74) is 2.09. The van der Waals surface area contributed by atoms with Gasteiger partial charge in [0.15, 0.2) is 0 Å². The molecule has 0 aliphatic rings. The van der Waals surface area contributed by atoms with Crippen molar-refractivity contribution >= 4 is 39.1 Å². The van der Waals surface area contributed by atoms with Crippen LogP contribution in [0.5, 0.6) is 0 Å². The second-order valence-corrected chi connectivity index (χ2v) is 7.36. The molecule has 0 spiro atoms. The Bertz CT molecular complexity index is 813. The maximum Gasteiger partial charge on any atom is 0.222 e. The molecule has 0 aliphatic heterocycles. The number of carbonyl (C=O) groups is 1. The lowest BCUT2D eigenvalue weighted by atomic mass is 10.2. The zero-order valence-electron chi connectivity index (χ0n) is 13.5. The van der Waals surface area contributed by atoms with E-state index < -0.39 is 0 Å². The van der Waals surface area contributed by atoms with Crippen molar-refractivity contribution in [3.8, 4) is 0 Å². The number of aryl methyl sites for hydroxylation is 1. The maximum atomic E-state index is 12.3. The molecule has 0 N–H and O–H groups in total. The number of amides is 1. The van der Waals surface area contributed by atoms with Crippen LogP contribution < -0.4 is 0 Å². The first kappa shape index (κ1) is 16.9. The van der Waals surface area contributed by atoms with Crippen molar-refractivity contribution in [1.29, 1.82) is 0 Å². The number of thiazole rings is 1. The molecule has 0 fully saturated rings. The predicted octanol–water partition coefficient (Wildman–Crippen LogP) is 4.93. The van der Waals surface area contributed by atoms with Gasteiger partial charge >= 0.3 is 0 Å². The van der Waals surface area contributed by atoms with Crippen LogP contribution in [0.25, 0.3) is 10.2 Å². The van der Waals surface area contributed by atoms with Gasteiger partial charge in [-0.3, -0.25) is 4.79 Å². The summed E-state index contributed by atoms with van der Waals surface area (Å²) in [5, 5.41) is 1.80. The van der Waals surface area contributed by atoms with Gasteiger partial charge in [0.25, 0.3) is 0 Å². The van der Waals surface area contributed by atoms with E-state index in [0.717, 1.165) is 28.9 Å². The van der Waals surface area contributed by atoms with Crippen molar-refractivity contribution in [3.63, 3.8) is 0 Å². The molecule has 3 rings (SSSR count). The van der Waals surface area contributed by atoms with E-state index in [1.807, 2.05) is 49.5 Å². The molecule has 0 aliphatic carbocycles. The molecule has 1 amide bonds. The number of aromatic nitrogens is 1. The van der Waals surface area contributed by atoms with E-state index in [-0.39, 0.29) is 5.91 Å². The summed E-state index contributed by atoms with van der Waals surface area (Å²) in [6.45, 7) is 0.584. The average molecular weight is 359 g/mol. The van der Waals surface area contributed by atoms with Gasteiger partial charge in [-0.1, -0.05) is 35.9 Å². The first-order valence-corrected chi connectivity index (χ1v) is 9.14. The first-order valence-electron chi connectivity index (χ1n) is 7.94. The topological polar surface area (TPSA) is 33.2 Å². The molecule has 1 heterocycles. The average Bonchev–Trinajstić information content (AvgIpc) is 2.97. The minimum atomic E-state index is 0.149. The Balaban J connectivity index is 1.49. The highest BCUT2D eigenvalue weighted by Gasteiger charge is 2.10. The minimum absolute atomic E-state index is 0.149. The third-order valence-corrected chi connectivity index (χ3v) is 5.19. The van der Waals surface area contributed by atoms with E-state index in [9.17, 15) is 4.79 Å². The molecule has 5 heteroatoms. The summed E-state index contributed by atoms with van der Waals surface area (Å²) in [5.74, 6) is 0.149. The summed E-state index contributed by atoms with van der Waals surface area (Å²) in [6.07, 6.45) is 2.20. The monoisotopic (exact) mass is 358 g/mol. The standard InChI is InChI=1S/C19H19ClN2OS/c1-22(13-14-6-4-7-15(20)12-14)19(23)11-5-10-18-21-16-8-2-3-9-17(16)24-18/h2-4,6-9,12H,5,10-11,13H2,1H3. The van der Waals surface area contributed by atoms with Gasteiger partial charge in [-0.25, -0.2) is 4.98 Å². The SMILES string of the molecule is CN(Cc1cccc(Cl)c1)C(=O)CCCc1nc2ccccc2s1. The second-order valence-electron chi connectivity index (χ2n) is 5.81. The molecule has 0 radical (unpaired) electrons. The van der Waals surface area contributed by atoms with Crippen molar-refractivity contribution in [2.24, 2.45) is 0 Å². The van der Waals surface area contributed by atoms with Crippen molar-refractivity contribution in [2.45, 2.75) is 25.8 Å². The lowest BCUT2D eigenvalue weighted by Gasteiger charge is -2.17. The number of hydrogen-bond donors (Lipinski definition) is 0. The fourth-order valence-electron chi connectivity index (χ4n) is 2.61. The van der Waals surface area contributed by atoms with Crippen LogP contribution in [0.3, 0.4) is 0 Å². The van der Waals surface area contributed by atoms with Crippen LogP contribution in [0.4, 0.5) is 0 Å². The summed E-state index contributed by atoms with van der Waals surface area (Å²) in [4.78, 5) is 18.6. The van der Waals surface area contributed by atoms with Gasteiger partial charge in [-0.2, -0.15) is 0 Å². The number of nitrogens with zero attached hydrogens (tertiary/aromatic N) is 2. The van der Waals surface area contributed by atoms with Gasteiger partial charge in [0.05, 0.1) is 15.2 Å². The van der Waals surface area contributed by atoms with Crippen molar-refractivity contribution in [1.82, 2.24) is 9.88 Å². The normalized spacial score (nSPS) is 10.9. The molecule has 0 unspecified atom stereocenters. The van der Waals surface area contributed by atoms with E-state index in [4.69, 9.17) is 11.6 Å². The molecule has 1 aromatic heterocycles. The van der Waals surface area contributed by atoms with Crippen LogP contribution in [0.1, 0.15) is 23.4 Å². The fourth-order valence-corrected chi connectivity index (χ4v) is 3.83. The predicted molar refractivity (Wildman–Crippen MR) is 100 cm³/mol. The van der Waals surface area contributed by atoms with E-state index in [0.29, 0.717) is 18.0 Å². The van der Waals surface area contributed by atoms with Crippen LogP contribution >= 0.6 is 22.9 Å². The molecular formula is C19H19ClN2OS. The number of halogens is 1. The molecule has 2 aromatic carbocycles. The van der Waals surface area contributed by atoms with Crippen LogP contribution in [0.15, 0.2) is 48.5 Å². The summed E-state index contributed by atoms with van der Waals surface area (Å²) >= 11 is 7.69. The van der Waals surface area contributed by atoms with Gasteiger partial charge < -0.3 is 4.90 Å². The third-order valence-electron chi connectivity index (χ3n) is 3.85. The molecule has 0 atom stereocenters. The highest BCUT2D eigenvalue weighted by Crippen LogP contribution is 2.22. The third kappa shape index (κ3) is 4.34. The Kier molecular flexibility index (Phi) is 5.48. The van der Waals surface area contributed by atoms with Crippen LogP contribution in [0, 0.1) is 0 Å². The Morgan fingerprint density at radius 2 is 2.04 bits per heavy atom. The van der Waals surface area contributed by atoms with Crippen molar-refractivity contribution in [2.75, 3.05) is 7.05 Å². The quantitative estimate of drug-likeness (QED) is 0.625. The molecule has 0 saturated heterocycles. The zero-order valence-corrected chi connectivity index (χ0v) is 15.1. The summed E-state index contributed by atoms with van der Waals surface area (Å²) in [7, 11) is 1.83. The Hall–Kier alpha value is -1.91. The van der Waals surface area contributed by atoms with Gasteiger partial charge in [-0.15, -0.1) is 11.3 Å². The lowest BCUT2D eigenvalue weighted by Crippen LogP contribution is -2.25. The van der Waals surface area contributed by atoms with Gasteiger partial charge in [0.1, 0.15) is 0 Å². The Morgan fingerprint density at radius 3 is 2.83 bits per heavy atom. The van der Waals surface area contributed by atoms with Gasteiger partial charge in [-0.05, 0) is 42.7 Å². The van der Waals surface area contributed by atoms with Gasteiger partial charge in [0.2, 0.25) is 5.91 Å². The minimum Gasteiger partial charge on any atom is -0.341 e. The van der Waals surface area contributed by atoms with Crippen molar-refractivity contribution in [3.05, 3.63) is 64.1 Å². The number of benzene rings is 2. The van der Waals surface area contributed by atoms with Crippen LogP contribution in [-0.2, 0) is 17.8 Å². The highest BCUT2D eigenvalue weighted by molar-refractivity contribution is 7.18.